The number of pyridine rings is 1. The van der Waals surface area contributed by atoms with Crippen LogP contribution in [0.25, 0.3) is 0 Å². The maximum Gasteiger partial charge on any atom is 0.339 e. The van der Waals surface area contributed by atoms with Gasteiger partial charge < -0.3 is 14.9 Å². The van der Waals surface area contributed by atoms with Gasteiger partial charge in [-0.1, -0.05) is 23.7 Å². The summed E-state index contributed by atoms with van der Waals surface area (Å²) in [6.45, 7) is 0. The maximum absolute atomic E-state index is 11.7. The fourth-order valence-corrected chi connectivity index (χ4v) is 7.88. The Morgan fingerprint density at radius 2 is 1.56 bits per heavy atom. The Bertz CT molecular complexity index is 1290. The third-order valence-corrected chi connectivity index (χ3v) is 9.20. The molecule has 0 spiro atoms. The second-order valence-electron chi connectivity index (χ2n) is 11.2. The van der Waals surface area contributed by atoms with E-state index < -0.39 is 5.97 Å². The zero-order chi connectivity index (χ0) is 25.0. The topological polar surface area (TPSA) is 56.7 Å². The van der Waals surface area contributed by atoms with Crippen molar-refractivity contribution in [3.8, 4) is 0 Å². The SMILES string of the molecule is CN(c1cccc(N(C)c2ncccc2C(=O)O)c1)c1ccc(C23CC4CC(CC(C4)C2)C3)cc1Cl. The molecule has 5 nitrogen and oxygen atoms in total. The first-order chi connectivity index (χ1) is 17.3. The van der Waals surface area contributed by atoms with E-state index in [0.29, 0.717) is 11.2 Å². The standard InChI is InChI=1S/C30H32ClN3O2/c1-33(23-5-3-6-24(15-23)34(2)28-25(29(35)36)7-4-10-32-28)27-9-8-22(14-26(27)31)30-16-19-11-20(17-30)13-21(12-19)18-30/h3-10,14-15,19-21H,11-13,16-18H2,1-2H3,(H,35,36). The Kier molecular flexibility index (Phi) is 5.71. The van der Waals surface area contributed by atoms with Crippen LogP contribution in [0.15, 0.2) is 60.8 Å². The second-order valence-corrected chi connectivity index (χ2v) is 11.6. The van der Waals surface area contributed by atoms with Gasteiger partial charge >= 0.3 is 5.97 Å². The molecular formula is C30H32ClN3O2. The first kappa shape index (κ1) is 23.4. The number of rotatable bonds is 6. The lowest BCUT2D eigenvalue weighted by molar-refractivity contribution is -0.00518. The van der Waals surface area contributed by atoms with Crippen molar-refractivity contribution in [2.45, 2.75) is 43.9 Å². The molecule has 3 aromatic rings. The smallest absolute Gasteiger partial charge is 0.339 e. The number of anilines is 4. The Balaban J connectivity index is 1.28. The Hall–Kier alpha value is -3.05. The molecule has 7 rings (SSSR count). The number of carbonyl (C=O) groups is 1. The molecule has 0 saturated heterocycles. The minimum Gasteiger partial charge on any atom is -0.478 e. The van der Waals surface area contributed by atoms with E-state index in [1.807, 2.05) is 38.4 Å². The molecule has 2 aromatic carbocycles. The van der Waals surface area contributed by atoms with Gasteiger partial charge in [0.05, 0.1) is 10.7 Å². The van der Waals surface area contributed by atoms with Crippen molar-refractivity contribution < 1.29 is 9.90 Å². The predicted octanol–water partition coefficient (Wildman–Crippen LogP) is 7.44. The second kappa shape index (κ2) is 8.81. The molecule has 0 aliphatic heterocycles. The Morgan fingerprint density at radius 3 is 2.17 bits per heavy atom. The van der Waals surface area contributed by atoms with Gasteiger partial charge in [-0.15, -0.1) is 0 Å². The highest BCUT2D eigenvalue weighted by atomic mass is 35.5. The van der Waals surface area contributed by atoms with Gasteiger partial charge in [0, 0.05) is 31.7 Å². The predicted molar refractivity (Wildman–Crippen MR) is 145 cm³/mol. The summed E-state index contributed by atoms with van der Waals surface area (Å²) in [6.07, 6.45) is 9.89. The van der Waals surface area contributed by atoms with Crippen LogP contribution in [0.3, 0.4) is 0 Å². The van der Waals surface area contributed by atoms with Gasteiger partial charge in [0.15, 0.2) is 0 Å². The average Bonchev–Trinajstić information content (AvgIpc) is 2.87. The summed E-state index contributed by atoms with van der Waals surface area (Å²) in [6, 6.07) is 17.9. The van der Waals surface area contributed by atoms with Gasteiger partial charge in [-0.2, -0.15) is 0 Å². The number of carboxylic acid groups (broad SMARTS) is 1. The van der Waals surface area contributed by atoms with Crippen LogP contribution in [0.4, 0.5) is 22.9 Å². The van der Waals surface area contributed by atoms with Gasteiger partial charge in [0.1, 0.15) is 11.4 Å². The highest BCUT2D eigenvalue weighted by molar-refractivity contribution is 6.33. The number of halogens is 1. The summed E-state index contributed by atoms with van der Waals surface area (Å²) in [5, 5.41) is 10.4. The number of hydrogen-bond donors (Lipinski definition) is 1. The summed E-state index contributed by atoms with van der Waals surface area (Å²) < 4.78 is 0. The van der Waals surface area contributed by atoms with Crippen LogP contribution in [0, 0.1) is 17.8 Å². The van der Waals surface area contributed by atoms with E-state index in [-0.39, 0.29) is 5.56 Å². The van der Waals surface area contributed by atoms with Crippen molar-refractivity contribution in [2.75, 3.05) is 23.9 Å². The van der Waals surface area contributed by atoms with E-state index in [1.54, 1.807) is 23.2 Å². The largest absolute Gasteiger partial charge is 0.478 e. The van der Waals surface area contributed by atoms with Gasteiger partial charge in [-0.25, -0.2) is 9.78 Å². The zero-order valence-electron chi connectivity index (χ0n) is 20.8. The quantitative estimate of drug-likeness (QED) is 0.380. The van der Waals surface area contributed by atoms with Crippen LogP contribution in [-0.4, -0.2) is 30.2 Å². The van der Waals surface area contributed by atoms with E-state index in [0.717, 1.165) is 39.8 Å². The van der Waals surface area contributed by atoms with Crippen LogP contribution in [0.5, 0.6) is 0 Å². The Labute approximate surface area is 217 Å². The number of hydrogen-bond acceptors (Lipinski definition) is 4. The maximum atomic E-state index is 11.7. The van der Waals surface area contributed by atoms with E-state index in [1.165, 1.54) is 44.1 Å². The first-order valence-electron chi connectivity index (χ1n) is 12.9. The molecule has 4 aliphatic carbocycles. The minimum absolute atomic E-state index is 0.169. The van der Waals surface area contributed by atoms with E-state index in [4.69, 9.17) is 11.6 Å². The third-order valence-electron chi connectivity index (χ3n) is 8.90. The van der Waals surface area contributed by atoms with Crippen LogP contribution in [0.1, 0.15) is 54.4 Å². The number of carboxylic acids is 1. The molecule has 4 aliphatic rings. The minimum atomic E-state index is -0.996. The average molecular weight is 502 g/mol. The first-order valence-corrected chi connectivity index (χ1v) is 13.3. The molecular weight excluding hydrogens is 470 g/mol. The van der Waals surface area contributed by atoms with Crippen LogP contribution in [0.2, 0.25) is 5.02 Å². The van der Waals surface area contributed by atoms with Gasteiger partial charge in [-0.3, -0.25) is 0 Å². The normalized spacial score (nSPS) is 26.1. The fraction of sp³-hybridized carbons (Fsp3) is 0.400. The van der Waals surface area contributed by atoms with E-state index in [9.17, 15) is 9.90 Å². The molecule has 4 saturated carbocycles. The van der Waals surface area contributed by atoms with E-state index in [2.05, 4.69) is 28.1 Å². The van der Waals surface area contributed by atoms with Crippen molar-refractivity contribution >= 4 is 40.5 Å². The van der Waals surface area contributed by atoms with Crippen molar-refractivity contribution in [3.05, 3.63) is 76.9 Å². The van der Waals surface area contributed by atoms with Crippen molar-refractivity contribution in [1.82, 2.24) is 4.98 Å². The lowest BCUT2D eigenvalue weighted by atomic mass is 9.48. The van der Waals surface area contributed by atoms with Gasteiger partial charge in [0.2, 0.25) is 0 Å². The molecule has 0 atom stereocenters. The molecule has 1 N–H and O–H groups in total. The molecule has 0 unspecified atom stereocenters. The summed E-state index contributed by atoms with van der Waals surface area (Å²) in [7, 11) is 3.86. The number of benzene rings is 2. The lowest BCUT2D eigenvalue weighted by Crippen LogP contribution is -2.48. The molecule has 0 amide bonds. The molecule has 6 heteroatoms. The van der Waals surface area contributed by atoms with E-state index >= 15 is 0 Å². The monoisotopic (exact) mass is 501 g/mol. The lowest BCUT2D eigenvalue weighted by Gasteiger charge is -2.57. The summed E-state index contributed by atoms with van der Waals surface area (Å²) in [4.78, 5) is 19.9. The highest BCUT2D eigenvalue weighted by Gasteiger charge is 2.51. The van der Waals surface area contributed by atoms with Crippen LogP contribution >= 0.6 is 11.6 Å². The number of nitrogens with zero attached hydrogens (tertiary/aromatic N) is 3. The van der Waals surface area contributed by atoms with Crippen LogP contribution < -0.4 is 9.80 Å². The van der Waals surface area contributed by atoms with Crippen molar-refractivity contribution in [2.24, 2.45) is 17.8 Å². The Morgan fingerprint density at radius 1 is 0.917 bits per heavy atom. The summed E-state index contributed by atoms with van der Waals surface area (Å²) >= 11 is 6.94. The summed E-state index contributed by atoms with van der Waals surface area (Å²) in [5.41, 5.74) is 4.70. The molecule has 0 radical (unpaired) electrons. The highest BCUT2D eigenvalue weighted by Crippen LogP contribution is 2.61. The zero-order valence-corrected chi connectivity index (χ0v) is 21.6. The number of aromatic carboxylic acids is 1. The molecule has 4 fully saturated rings. The summed E-state index contributed by atoms with van der Waals surface area (Å²) in [5.74, 6) is 2.11. The number of aromatic nitrogens is 1. The third kappa shape index (κ3) is 3.94. The molecule has 1 heterocycles. The molecule has 36 heavy (non-hydrogen) atoms. The van der Waals surface area contributed by atoms with Crippen LogP contribution in [-0.2, 0) is 5.41 Å². The molecule has 4 bridgehead atoms. The van der Waals surface area contributed by atoms with Crippen molar-refractivity contribution in [1.29, 1.82) is 0 Å². The van der Waals surface area contributed by atoms with Gasteiger partial charge in [-0.05, 0) is 110 Å². The molecule has 186 valence electrons. The van der Waals surface area contributed by atoms with Crippen molar-refractivity contribution in [3.63, 3.8) is 0 Å². The fourth-order valence-electron chi connectivity index (χ4n) is 7.58. The van der Waals surface area contributed by atoms with Gasteiger partial charge in [0.25, 0.3) is 0 Å². The molecule has 1 aromatic heterocycles.